The number of rotatable bonds is 6. The third-order valence-electron chi connectivity index (χ3n) is 3.51. The quantitative estimate of drug-likeness (QED) is 0.340. The lowest BCUT2D eigenvalue weighted by molar-refractivity contribution is -0.383. The standard InChI is InChI=1S/C18H13BrN4O3S/c19-13-7-5-12(6-8-13)14-9-10-18(22-21-14)27-11-17(24)20-15-3-1-2-4-16(15)23(25)26/h1-10H,11H2,(H,20,24). The Hall–Kier alpha value is -2.78. The Morgan fingerprint density at radius 3 is 2.48 bits per heavy atom. The van der Waals surface area contributed by atoms with Gasteiger partial charge in [-0.15, -0.1) is 10.2 Å². The molecule has 3 aromatic rings. The second-order valence-corrected chi connectivity index (χ2v) is 7.29. The van der Waals surface area contributed by atoms with Gasteiger partial charge >= 0.3 is 0 Å². The number of carbonyl (C=O) groups is 1. The number of para-hydroxylation sites is 2. The molecule has 1 amide bonds. The summed E-state index contributed by atoms with van der Waals surface area (Å²) in [6.07, 6.45) is 0. The topological polar surface area (TPSA) is 98.0 Å². The largest absolute Gasteiger partial charge is 0.320 e. The number of nitrogens with one attached hydrogen (secondary N) is 1. The number of hydrogen-bond acceptors (Lipinski definition) is 6. The Balaban J connectivity index is 1.59. The van der Waals surface area contributed by atoms with Crippen LogP contribution in [0.1, 0.15) is 0 Å². The van der Waals surface area contributed by atoms with E-state index in [1.165, 1.54) is 23.9 Å². The van der Waals surface area contributed by atoms with Gasteiger partial charge in [0.25, 0.3) is 5.69 Å². The van der Waals surface area contributed by atoms with Crippen LogP contribution in [0.25, 0.3) is 11.3 Å². The number of benzene rings is 2. The molecule has 136 valence electrons. The van der Waals surface area contributed by atoms with Gasteiger partial charge in [0.15, 0.2) is 0 Å². The van der Waals surface area contributed by atoms with Gasteiger partial charge in [0, 0.05) is 16.1 Å². The third-order valence-corrected chi connectivity index (χ3v) is 4.95. The van der Waals surface area contributed by atoms with E-state index in [4.69, 9.17) is 0 Å². The number of hydrogen-bond donors (Lipinski definition) is 1. The number of nitrogens with zero attached hydrogens (tertiary/aromatic N) is 3. The average Bonchev–Trinajstić information content (AvgIpc) is 2.68. The van der Waals surface area contributed by atoms with Gasteiger partial charge in [-0.3, -0.25) is 14.9 Å². The fraction of sp³-hybridized carbons (Fsp3) is 0.0556. The van der Waals surface area contributed by atoms with Crippen LogP contribution < -0.4 is 5.32 Å². The summed E-state index contributed by atoms with van der Waals surface area (Å²) in [4.78, 5) is 22.5. The highest BCUT2D eigenvalue weighted by molar-refractivity contribution is 9.10. The predicted molar refractivity (Wildman–Crippen MR) is 108 cm³/mol. The van der Waals surface area contributed by atoms with Crippen LogP contribution in [0.4, 0.5) is 11.4 Å². The second kappa shape index (κ2) is 8.74. The van der Waals surface area contributed by atoms with Crippen LogP contribution >= 0.6 is 27.7 Å². The molecule has 0 unspecified atom stereocenters. The first-order valence-electron chi connectivity index (χ1n) is 7.78. The summed E-state index contributed by atoms with van der Waals surface area (Å²) in [6.45, 7) is 0. The van der Waals surface area contributed by atoms with Crippen molar-refractivity contribution in [2.45, 2.75) is 5.03 Å². The van der Waals surface area contributed by atoms with E-state index in [1.807, 2.05) is 30.3 Å². The molecule has 0 saturated heterocycles. The van der Waals surface area contributed by atoms with Crippen molar-refractivity contribution in [3.63, 3.8) is 0 Å². The van der Waals surface area contributed by atoms with E-state index in [9.17, 15) is 14.9 Å². The Morgan fingerprint density at radius 2 is 1.81 bits per heavy atom. The Bertz CT molecular complexity index is 965. The van der Waals surface area contributed by atoms with E-state index in [0.717, 1.165) is 15.7 Å². The van der Waals surface area contributed by atoms with Crippen molar-refractivity contribution < 1.29 is 9.72 Å². The molecule has 0 radical (unpaired) electrons. The maximum Gasteiger partial charge on any atom is 0.292 e. The minimum atomic E-state index is -0.533. The molecule has 0 atom stereocenters. The van der Waals surface area contributed by atoms with Gasteiger partial charge in [-0.1, -0.05) is 52.0 Å². The minimum absolute atomic E-state index is 0.0678. The summed E-state index contributed by atoms with van der Waals surface area (Å²) in [7, 11) is 0. The van der Waals surface area contributed by atoms with Gasteiger partial charge in [-0.05, 0) is 30.3 Å². The molecule has 27 heavy (non-hydrogen) atoms. The lowest BCUT2D eigenvalue weighted by Gasteiger charge is -2.06. The van der Waals surface area contributed by atoms with Gasteiger partial charge in [0.05, 0.1) is 16.4 Å². The molecule has 7 nitrogen and oxygen atoms in total. The van der Waals surface area contributed by atoms with Crippen molar-refractivity contribution in [2.24, 2.45) is 0 Å². The number of carbonyl (C=O) groups excluding carboxylic acids is 1. The summed E-state index contributed by atoms with van der Waals surface area (Å²) in [5.41, 5.74) is 1.70. The number of halogens is 1. The molecule has 0 aliphatic carbocycles. The lowest BCUT2D eigenvalue weighted by Crippen LogP contribution is -2.15. The molecular formula is C18H13BrN4O3S. The van der Waals surface area contributed by atoms with Crippen molar-refractivity contribution in [3.05, 3.63) is 75.3 Å². The molecule has 0 aliphatic rings. The number of nitro benzene ring substituents is 1. The molecule has 1 aromatic heterocycles. The Morgan fingerprint density at radius 1 is 1.07 bits per heavy atom. The van der Waals surface area contributed by atoms with E-state index in [2.05, 4.69) is 31.4 Å². The zero-order valence-corrected chi connectivity index (χ0v) is 16.2. The fourth-order valence-electron chi connectivity index (χ4n) is 2.24. The number of thioether (sulfide) groups is 1. The molecule has 1 heterocycles. The van der Waals surface area contributed by atoms with Crippen LogP contribution in [0, 0.1) is 10.1 Å². The first kappa shape index (κ1) is 19.0. The molecule has 0 spiro atoms. The van der Waals surface area contributed by atoms with Crippen LogP contribution in [0.15, 0.2) is 70.2 Å². The Kier molecular flexibility index (Phi) is 6.15. The van der Waals surface area contributed by atoms with E-state index < -0.39 is 4.92 Å². The monoisotopic (exact) mass is 444 g/mol. The molecule has 0 bridgehead atoms. The van der Waals surface area contributed by atoms with E-state index in [0.29, 0.717) is 5.03 Å². The molecule has 0 aliphatic heterocycles. The number of anilines is 1. The number of amides is 1. The summed E-state index contributed by atoms with van der Waals surface area (Å²) in [5, 5.41) is 22.4. The minimum Gasteiger partial charge on any atom is -0.320 e. The van der Waals surface area contributed by atoms with E-state index in [-0.39, 0.29) is 23.0 Å². The highest BCUT2D eigenvalue weighted by atomic mass is 79.9. The maximum atomic E-state index is 12.1. The summed E-state index contributed by atoms with van der Waals surface area (Å²) >= 11 is 4.59. The zero-order chi connectivity index (χ0) is 19.2. The molecular weight excluding hydrogens is 432 g/mol. The highest BCUT2D eigenvalue weighted by Gasteiger charge is 2.15. The van der Waals surface area contributed by atoms with E-state index in [1.54, 1.807) is 18.2 Å². The second-order valence-electron chi connectivity index (χ2n) is 5.37. The molecule has 9 heteroatoms. The van der Waals surface area contributed by atoms with Crippen LogP contribution in [-0.4, -0.2) is 26.8 Å². The van der Waals surface area contributed by atoms with E-state index >= 15 is 0 Å². The zero-order valence-electron chi connectivity index (χ0n) is 13.8. The smallest absolute Gasteiger partial charge is 0.292 e. The number of nitro groups is 1. The molecule has 0 saturated carbocycles. The SMILES string of the molecule is O=C(CSc1ccc(-c2ccc(Br)cc2)nn1)Nc1ccccc1[N+](=O)[O-]. The van der Waals surface area contributed by atoms with Crippen molar-refractivity contribution in [1.82, 2.24) is 10.2 Å². The first-order valence-corrected chi connectivity index (χ1v) is 9.56. The molecule has 1 N–H and O–H groups in total. The van der Waals surface area contributed by atoms with Gasteiger partial charge in [0.1, 0.15) is 10.7 Å². The molecule has 3 rings (SSSR count). The van der Waals surface area contributed by atoms with Crippen LogP contribution in [0.3, 0.4) is 0 Å². The lowest BCUT2D eigenvalue weighted by atomic mass is 10.1. The van der Waals surface area contributed by atoms with Crippen molar-refractivity contribution >= 4 is 45.0 Å². The molecule has 0 fully saturated rings. The van der Waals surface area contributed by atoms with Gasteiger partial charge in [-0.25, -0.2) is 0 Å². The first-order chi connectivity index (χ1) is 13.0. The maximum absolute atomic E-state index is 12.1. The van der Waals surface area contributed by atoms with Crippen molar-refractivity contribution in [3.8, 4) is 11.3 Å². The van der Waals surface area contributed by atoms with Crippen LogP contribution in [0.2, 0.25) is 0 Å². The Labute approximate surface area is 167 Å². The third kappa shape index (κ3) is 5.11. The summed E-state index contributed by atoms with van der Waals surface area (Å²) < 4.78 is 0.982. The van der Waals surface area contributed by atoms with Crippen molar-refractivity contribution in [1.29, 1.82) is 0 Å². The highest BCUT2D eigenvalue weighted by Crippen LogP contribution is 2.24. The normalized spacial score (nSPS) is 10.4. The number of aromatic nitrogens is 2. The predicted octanol–water partition coefficient (Wildman–Crippen LogP) is 4.55. The van der Waals surface area contributed by atoms with Gasteiger partial charge in [-0.2, -0.15) is 0 Å². The van der Waals surface area contributed by atoms with Crippen LogP contribution in [-0.2, 0) is 4.79 Å². The van der Waals surface area contributed by atoms with Gasteiger partial charge in [0.2, 0.25) is 5.91 Å². The fourth-order valence-corrected chi connectivity index (χ4v) is 3.11. The van der Waals surface area contributed by atoms with Crippen LogP contribution in [0.5, 0.6) is 0 Å². The summed E-state index contributed by atoms with van der Waals surface area (Å²) in [6, 6.07) is 17.3. The summed E-state index contributed by atoms with van der Waals surface area (Å²) in [5.74, 6) is -0.286. The van der Waals surface area contributed by atoms with Crippen molar-refractivity contribution in [2.75, 3.05) is 11.1 Å². The average molecular weight is 445 g/mol. The molecule has 2 aromatic carbocycles. The van der Waals surface area contributed by atoms with Gasteiger partial charge < -0.3 is 5.32 Å².